The molecule has 2 aromatic heterocycles. The number of hydrogen-bond acceptors (Lipinski definition) is 2. The van der Waals surface area contributed by atoms with Crippen molar-refractivity contribution >= 4 is 11.6 Å². The number of pyridine rings is 1. The molecule has 1 N–H and O–H groups in total. The number of rotatable bonds is 1. The zero-order valence-corrected chi connectivity index (χ0v) is 7.92. The summed E-state index contributed by atoms with van der Waals surface area (Å²) in [6, 6.07) is 7.49. The molecule has 2 heterocycles. The highest BCUT2D eigenvalue weighted by atomic mass is 35.5. The van der Waals surface area contributed by atoms with E-state index in [0.29, 0.717) is 5.56 Å². The third-order valence-electron chi connectivity index (χ3n) is 1.87. The van der Waals surface area contributed by atoms with Crippen molar-refractivity contribution in [1.82, 2.24) is 9.97 Å². The maximum atomic E-state index is 8.76. The Balaban J connectivity index is 2.53. The fraction of sp³-hybridized carbons (Fsp3) is 0. The molecule has 0 amide bonds. The van der Waals surface area contributed by atoms with Gasteiger partial charge in [0.15, 0.2) is 0 Å². The molecule has 0 aromatic carbocycles. The molecule has 0 bridgehead atoms. The Kier molecular flexibility index (Phi) is 2.21. The number of nitrogens with one attached hydrogen (secondary N) is 1. The normalized spacial score (nSPS) is 9.71. The smallest absolute Gasteiger partial charge is 0.146 e. The van der Waals surface area contributed by atoms with Crippen molar-refractivity contribution in [3.63, 3.8) is 0 Å². The first-order valence-electron chi connectivity index (χ1n) is 4.00. The maximum absolute atomic E-state index is 8.76. The summed E-state index contributed by atoms with van der Waals surface area (Å²) in [5, 5.41) is 8.99. The van der Waals surface area contributed by atoms with Crippen LogP contribution in [0.25, 0.3) is 11.3 Å². The highest BCUT2D eigenvalue weighted by Crippen LogP contribution is 2.20. The van der Waals surface area contributed by atoms with Crippen molar-refractivity contribution in [2.24, 2.45) is 0 Å². The first-order chi connectivity index (χ1) is 6.81. The summed E-state index contributed by atoms with van der Waals surface area (Å²) in [7, 11) is 0. The van der Waals surface area contributed by atoms with Gasteiger partial charge in [0.1, 0.15) is 11.2 Å². The van der Waals surface area contributed by atoms with Gasteiger partial charge in [-0.3, -0.25) is 0 Å². The summed E-state index contributed by atoms with van der Waals surface area (Å²) < 4.78 is 0. The molecule has 0 radical (unpaired) electrons. The number of hydrogen-bond donors (Lipinski definition) is 1. The number of halogens is 1. The second kappa shape index (κ2) is 3.52. The number of H-pyrrole nitrogens is 1. The largest absolute Gasteiger partial charge is 0.361 e. The molecule has 0 unspecified atom stereocenters. The van der Waals surface area contributed by atoms with Gasteiger partial charge in [0, 0.05) is 23.7 Å². The van der Waals surface area contributed by atoms with Crippen molar-refractivity contribution in [3.05, 3.63) is 41.3 Å². The lowest BCUT2D eigenvalue weighted by Gasteiger charge is -1.98. The average molecular weight is 204 g/mol. The van der Waals surface area contributed by atoms with Gasteiger partial charge in [-0.15, -0.1) is 0 Å². The van der Waals surface area contributed by atoms with Crippen molar-refractivity contribution in [1.29, 1.82) is 5.26 Å². The first kappa shape index (κ1) is 8.79. The molecular formula is C10H6ClN3. The summed E-state index contributed by atoms with van der Waals surface area (Å²) in [5.41, 5.74) is 2.17. The molecule has 0 aliphatic heterocycles. The fourth-order valence-corrected chi connectivity index (χ4v) is 1.33. The van der Waals surface area contributed by atoms with Crippen LogP contribution in [0.3, 0.4) is 0 Å². The molecule has 68 valence electrons. The molecule has 0 saturated heterocycles. The van der Waals surface area contributed by atoms with E-state index in [0.717, 1.165) is 11.3 Å². The average Bonchev–Trinajstić information content (AvgIpc) is 2.71. The zero-order valence-electron chi connectivity index (χ0n) is 7.16. The van der Waals surface area contributed by atoms with E-state index in [-0.39, 0.29) is 5.15 Å². The van der Waals surface area contributed by atoms with Gasteiger partial charge in [-0.25, -0.2) is 4.98 Å². The predicted molar refractivity (Wildman–Crippen MR) is 53.7 cm³/mol. The summed E-state index contributed by atoms with van der Waals surface area (Å²) in [4.78, 5) is 6.96. The van der Waals surface area contributed by atoms with Gasteiger partial charge in [0.25, 0.3) is 0 Å². The Morgan fingerprint density at radius 3 is 3.00 bits per heavy atom. The van der Waals surface area contributed by atoms with Gasteiger partial charge in [-0.1, -0.05) is 11.6 Å². The third kappa shape index (κ3) is 1.48. The van der Waals surface area contributed by atoms with Crippen molar-refractivity contribution in [2.45, 2.75) is 0 Å². The van der Waals surface area contributed by atoms with Gasteiger partial charge in [-0.2, -0.15) is 5.26 Å². The van der Waals surface area contributed by atoms with Crippen LogP contribution in [0.2, 0.25) is 5.15 Å². The Morgan fingerprint density at radius 1 is 1.50 bits per heavy atom. The van der Waals surface area contributed by atoms with Crippen LogP contribution < -0.4 is 0 Å². The number of aromatic amines is 1. The molecule has 0 fully saturated rings. The molecule has 2 aromatic rings. The van der Waals surface area contributed by atoms with Crippen LogP contribution in [-0.2, 0) is 0 Å². The van der Waals surface area contributed by atoms with E-state index in [9.17, 15) is 0 Å². The van der Waals surface area contributed by atoms with Gasteiger partial charge in [-0.05, 0) is 18.2 Å². The predicted octanol–water partition coefficient (Wildman–Crippen LogP) is 2.60. The summed E-state index contributed by atoms with van der Waals surface area (Å²) in [5.74, 6) is 0. The summed E-state index contributed by atoms with van der Waals surface area (Å²) >= 11 is 5.71. The van der Waals surface area contributed by atoms with Crippen LogP contribution in [0.5, 0.6) is 0 Å². The van der Waals surface area contributed by atoms with Crippen LogP contribution in [0.1, 0.15) is 5.56 Å². The minimum absolute atomic E-state index is 0.239. The zero-order chi connectivity index (χ0) is 9.97. The van der Waals surface area contributed by atoms with Crippen LogP contribution in [-0.4, -0.2) is 9.97 Å². The molecule has 3 nitrogen and oxygen atoms in total. The monoisotopic (exact) mass is 203 g/mol. The highest BCUT2D eigenvalue weighted by molar-refractivity contribution is 6.30. The highest BCUT2D eigenvalue weighted by Gasteiger charge is 2.04. The van der Waals surface area contributed by atoms with Crippen LogP contribution >= 0.6 is 11.6 Å². The number of nitriles is 1. The van der Waals surface area contributed by atoms with Gasteiger partial charge < -0.3 is 4.98 Å². The van der Waals surface area contributed by atoms with Crippen LogP contribution in [0.4, 0.5) is 0 Å². The second-order valence-electron chi connectivity index (χ2n) is 2.76. The molecule has 0 aliphatic rings. The molecule has 0 atom stereocenters. The standard InChI is InChI=1S/C10H6ClN3/c11-10-7(5-12)4-8(6-14-10)9-2-1-3-13-9/h1-4,6,13H. The summed E-state index contributed by atoms with van der Waals surface area (Å²) in [6.07, 6.45) is 3.45. The molecule has 0 saturated carbocycles. The Labute approximate surface area is 86.0 Å². The minimum atomic E-state index is 0.239. The summed E-state index contributed by atoms with van der Waals surface area (Å²) in [6.45, 7) is 0. The van der Waals surface area contributed by atoms with Crippen molar-refractivity contribution in [3.8, 4) is 17.3 Å². The molecule has 14 heavy (non-hydrogen) atoms. The Bertz CT molecular complexity index is 483. The van der Waals surface area contributed by atoms with Gasteiger partial charge in [0.05, 0.1) is 5.56 Å². The number of aromatic nitrogens is 2. The molecule has 2 rings (SSSR count). The molecule has 0 aliphatic carbocycles. The van der Waals surface area contributed by atoms with Crippen molar-refractivity contribution in [2.75, 3.05) is 0 Å². The quantitative estimate of drug-likeness (QED) is 0.725. The second-order valence-corrected chi connectivity index (χ2v) is 3.12. The minimum Gasteiger partial charge on any atom is -0.361 e. The third-order valence-corrected chi connectivity index (χ3v) is 2.17. The maximum Gasteiger partial charge on any atom is 0.146 e. The topological polar surface area (TPSA) is 52.5 Å². The molecular weight excluding hydrogens is 198 g/mol. The van der Waals surface area contributed by atoms with E-state index in [1.54, 1.807) is 12.3 Å². The van der Waals surface area contributed by atoms with E-state index in [4.69, 9.17) is 16.9 Å². The van der Waals surface area contributed by atoms with Crippen molar-refractivity contribution < 1.29 is 0 Å². The Morgan fingerprint density at radius 2 is 2.36 bits per heavy atom. The van der Waals surface area contributed by atoms with E-state index < -0.39 is 0 Å². The fourth-order valence-electron chi connectivity index (χ4n) is 1.18. The lowest BCUT2D eigenvalue weighted by atomic mass is 10.2. The Hall–Kier alpha value is -1.79. The molecule has 4 heteroatoms. The van der Waals surface area contributed by atoms with E-state index in [1.165, 1.54) is 0 Å². The van der Waals surface area contributed by atoms with Gasteiger partial charge in [0.2, 0.25) is 0 Å². The molecule has 0 spiro atoms. The van der Waals surface area contributed by atoms with E-state index >= 15 is 0 Å². The van der Waals surface area contributed by atoms with Gasteiger partial charge >= 0.3 is 0 Å². The lowest BCUT2D eigenvalue weighted by Crippen LogP contribution is -1.85. The first-order valence-corrected chi connectivity index (χ1v) is 4.38. The van der Waals surface area contributed by atoms with Crippen LogP contribution in [0, 0.1) is 11.3 Å². The lowest BCUT2D eigenvalue weighted by molar-refractivity contribution is 1.28. The SMILES string of the molecule is N#Cc1cc(-c2ccc[nH]2)cnc1Cl. The number of nitrogens with zero attached hydrogens (tertiary/aromatic N) is 2. The van der Waals surface area contributed by atoms with Crippen LogP contribution in [0.15, 0.2) is 30.6 Å². The van der Waals surface area contributed by atoms with E-state index in [2.05, 4.69) is 9.97 Å². The van der Waals surface area contributed by atoms with E-state index in [1.807, 2.05) is 24.4 Å².